The molecule has 0 amide bonds. The van der Waals surface area contributed by atoms with Crippen LogP contribution in [0.4, 0.5) is 15.8 Å². The zero-order valence-corrected chi connectivity index (χ0v) is 12.9. The van der Waals surface area contributed by atoms with E-state index in [0.29, 0.717) is 5.56 Å². The largest absolute Gasteiger partial charge is 0.398 e. The molecule has 0 bridgehead atoms. The first-order chi connectivity index (χ1) is 9.69. The smallest absolute Gasteiger partial charge is 0.263 e. The highest BCUT2D eigenvalue weighted by atomic mass is 32.2. The van der Waals surface area contributed by atoms with Crippen LogP contribution in [0.25, 0.3) is 0 Å². The van der Waals surface area contributed by atoms with Crippen LogP contribution in [-0.4, -0.2) is 8.42 Å². The maximum atomic E-state index is 13.3. The molecule has 0 aliphatic carbocycles. The molecule has 4 nitrogen and oxygen atoms in total. The molecule has 0 heterocycles. The summed E-state index contributed by atoms with van der Waals surface area (Å²) in [6.07, 6.45) is 0. The fraction of sp³-hybridized carbons (Fsp3) is 0.200. The van der Waals surface area contributed by atoms with E-state index in [9.17, 15) is 12.8 Å². The Morgan fingerprint density at radius 3 is 2.24 bits per heavy atom. The highest BCUT2D eigenvalue weighted by Crippen LogP contribution is 2.25. The molecule has 2 aromatic carbocycles. The van der Waals surface area contributed by atoms with E-state index < -0.39 is 15.8 Å². The Balaban J connectivity index is 2.45. The van der Waals surface area contributed by atoms with Gasteiger partial charge in [-0.2, -0.15) is 0 Å². The van der Waals surface area contributed by atoms with Gasteiger partial charge in [-0.1, -0.05) is 0 Å². The molecule has 0 spiro atoms. The number of hydrogen-bond acceptors (Lipinski definition) is 3. The molecule has 0 atom stereocenters. The summed E-state index contributed by atoms with van der Waals surface area (Å²) in [7, 11) is -3.86. The summed E-state index contributed by atoms with van der Waals surface area (Å²) in [5.74, 6) is -0.499. The van der Waals surface area contributed by atoms with Crippen molar-refractivity contribution in [2.24, 2.45) is 0 Å². The fourth-order valence-electron chi connectivity index (χ4n) is 2.05. The summed E-state index contributed by atoms with van der Waals surface area (Å²) >= 11 is 0. The van der Waals surface area contributed by atoms with Crippen LogP contribution in [0.2, 0.25) is 0 Å². The van der Waals surface area contributed by atoms with Crippen LogP contribution in [0.3, 0.4) is 0 Å². The molecule has 0 saturated carbocycles. The number of nitrogens with two attached hydrogens (primary N) is 1. The van der Waals surface area contributed by atoms with Gasteiger partial charge in [0, 0.05) is 0 Å². The van der Waals surface area contributed by atoms with Crippen molar-refractivity contribution in [3.8, 4) is 0 Å². The first kappa shape index (κ1) is 15.3. The molecule has 21 heavy (non-hydrogen) atoms. The van der Waals surface area contributed by atoms with E-state index in [1.807, 2.05) is 6.92 Å². The van der Waals surface area contributed by atoms with E-state index >= 15 is 0 Å². The number of aryl methyl sites for hydroxylation is 3. The van der Waals surface area contributed by atoms with Crippen molar-refractivity contribution in [2.75, 3.05) is 10.5 Å². The molecule has 0 aliphatic heterocycles. The number of sulfonamides is 1. The van der Waals surface area contributed by atoms with E-state index in [4.69, 9.17) is 5.73 Å². The number of hydrogen-bond donors (Lipinski definition) is 2. The van der Waals surface area contributed by atoms with Crippen LogP contribution < -0.4 is 10.5 Å². The predicted molar refractivity (Wildman–Crippen MR) is 82.3 cm³/mol. The molecular weight excluding hydrogens is 291 g/mol. The van der Waals surface area contributed by atoms with Crippen molar-refractivity contribution in [2.45, 2.75) is 25.7 Å². The van der Waals surface area contributed by atoms with Crippen molar-refractivity contribution in [3.63, 3.8) is 0 Å². The first-order valence-corrected chi connectivity index (χ1v) is 7.84. The Morgan fingerprint density at radius 2 is 1.62 bits per heavy atom. The zero-order valence-electron chi connectivity index (χ0n) is 12.1. The molecule has 0 radical (unpaired) electrons. The zero-order chi connectivity index (χ0) is 15.8. The van der Waals surface area contributed by atoms with Crippen molar-refractivity contribution in [3.05, 3.63) is 52.8 Å². The summed E-state index contributed by atoms with van der Waals surface area (Å²) in [5, 5.41) is 0. The number of halogens is 1. The minimum absolute atomic E-state index is 0.00693. The number of benzene rings is 2. The van der Waals surface area contributed by atoms with Gasteiger partial charge in [0.2, 0.25) is 0 Å². The van der Waals surface area contributed by atoms with Crippen LogP contribution in [0.1, 0.15) is 16.7 Å². The summed E-state index contributed by atoms with van der Waals surface area (Å²) < 4.78 is 40.5. The second-order valence-electron chi connectivity index (χ2n) is 5.10. The fourth-order valence-corrected chi connectivity index (χ4v) is 3.29. The molecule has 0 fully saturated rings. The molecule has 6 heteroatoms. The molecule has 0 aliphatic rings. The quantitative estimate of drug-likeness (QED) is 0.856. The molecule has 0 saturated heterocycles. The van der Waals surface area contributed by atoms with Crippen molar-refractivity contribution in [1.29, 1.82) is 0 Å². The SMILES string of the molecule is Cc1cc(F)cc(NS(=O)(=O)c2cc(C)c(C)cc2N)c1. The summed E-state index contributed by atoms with van der Waals surface area (Å²) in [5.41, 5.74) is 8.49. The second kappa shape index (κ2) is 5.37. The van der Waals surface area contributed by atoms with E-state index in [2.05, 4.69) is 4.72 Å². The van der Waals surface area contributed by atoms with Crippen molar-refractivity contribution in [1.82, 2.24) is 0 Å². The van der Waals surface area contributed by atoms with Crippen molar-refractivity contribution < 1.29 is 12.8 Å². The van der Waals surface area contributed by atoms with Gasteiger partial charge in [0.25, 0.3) is 10.0 Å². The van der Waals surface area contributed by atoms with Crippen LogP contribution >= 0.6 is 0 Å². The molecule has 0 aromatic heterocycles. The molecule has 0 unspecified atom stereocenters. The van der Waals surface area contributed by atoms with E-state index in [0.717, 1.165) is 17.2 Å². The lowest BCUT2D eigenvalue weighted by molar-refractivity contribution is 0.601. The lowest BCUT2D eigenvalue weighted by Crippen LogP contribution is -2.15. The lowest BCUT2D eigenvalue weighted by Gasteiger charge is -2.13. The maximum absolute atomic E-state index is 13.3. The van der Waals surface area contributed by atoms with E-state index in [1.165, 1.54) is 12.1 Å². The topological polar surface area (TPSA) is 72.2 Å². The lowest BCUT2D eigenvalue weighted by atomic mass is 10.1. The van der Waals surface area contributed by atoms with Gasteiger partial charge in [0.05, 0.1) is 11.4 Å². The number of nitrogens with one attached hydrogen (secondary N) is 1. The van der Waals surface area contributed by atoms with Crippen LogP contribution in [0.5, 0.6) is 0 Å². The number of anilines is 2. The highest BCUT2D eigenvalue weighted by Gasteiger charge is 2.19. The normalized spacial score (nSPS) is 11.4. The summed E-state index contributed by atoms with van der Waals surface area (Å²) in [4.78, 5) is -0.00693. The third kappa shape index (κ3) is 3.33. The van der Waals surface area contributed by atoms with Gasteiger partial charge in [0.15, 0.2) is 0 Å². The molecule has 3 N–H and O–H groups in total. The highest BCUT2D eigenvalue weighted by molar-refractivity contribution is 7.92. The third-order valence-electron chi connectivity index (χ3n) is 3.21. The maximum Gasteiger partial charge on any atom is 0.263 e. The Kier molecular flexibility index (Phi) is 3.91. The van der Waals surface area contributed by atoms with Crippen LogP contribution in [0.15, 0.2) is 35.2 Å². The average molecular weight is 308 g/mol. The van der Waals surface area contributed by atoms with Gasteiger partial charge < -0.3 is 5.73 Å². The molecule has 112 valence electrons. The van der Waals surface area contributed by atoms with Gasteiger partial charge in [-0.05, 0) is 67.8 Å². The molecule has 2 rings (SSSR count). The van der Waals surface area contributed by atoms with E-state index in [1.54, 1.807) is 26.0 Å². The molecular formula is C15H17FN2O2S. The molecule has 2 aromatic rings. The third-order valence-corrected chi connectivity index (χ3v) is 4.65. The minimum atomic E-state index is -3.86. The number of nitrogen functional groups attached to an aromatic ring is 1. The van der Waals surface area contributed by atoms with Gasteiger partial charge >= 0.3 is 0 Å². The van der Waals surface area contributed by atoms with Gasteiger partial charge in [0.1, 0.15) is 10.7 Å². The predicted octanol–water partition coefficient (Wildman–Crippen LogP) is 3.13. The Hall–Kier alpha value is -2.08. The summed E-state index contributed by atoms with van der Waals surface area (Å²) in [6, 6.07) is 7.13. The van der Waals surface area contributed by atoms with Gasteiger partial charge in [-0.25, -0.2) is 12.8 Å². The van der Waals surface area contributed by atoms with Crippen LogP contribution in [0, 0.1) is 26.6 Å². The minimum Gasteiger partial charge on any atom is -0.398 e. The van der Waals surface area contributed by atoms with Crippen molar-refractivity contribution >= 4 is 21.4 Å². The Morgan fingerprint density at radius 1 is 1.00 bits per heavy atom. The summed E-state index contributed by atoms with van der Waals surface area (Å²) in [6.45, 7) is 5.34. The monoisotopic (exact) mass is 308 g/mol. The standard InChI is InChI=1S/C15H17FN2O2S/c1-9-4-12(16)8-13(5-9)18-21(19,20)15-7-11(3)10(2)6-14(15)17/h4-8,18H,17H2,1-3H3. The second-order valence-corrected chi connectivity index (χ2v) is 6.75. The van der Waals surface area contributed by atoms with Gasteiger partial charge in [-0.15, -0.1) is 0 Å². The average Bonchev–Trinajstić information content (AvgIpc) is 2.31. The van der Waals surface area contributed by atoms with Gasteiger partial charge in [-0.3, -0.25) is 4.72 Å². The number of rotatable bonds is 3. The van der Waals surface area contributed by atoms with Crippen LogP contribution in [-0.2, 0) is 10.0 Å². The first-order valence-electron chi connectivity index (χ1n) is 6.36. The Bertz CT molecular complexity index is 781. The van der Waals surface area contributed by atoms with E-state index in [-0.39, 0.29) is 16.3 Å². The Labute approximate surface area is 123 Å².